The molecule has 214 valence electrons. The Morgan fingerprint density at radius 2 is 1.95 bits per heavy atom. The van der Waals surface area contributed by atoms with Gasteiger partial charge in [-0.2, -0.15) is 0 Å². The lowest BCUT2D eigenvalue weighted by molar-refractivity contribution is 0.0373. The third-order valence-corrected chi connectivity index (χ3v) is 9.35. The molecule has 0 aliphatic carbocycles. The minimum Gasteiger partial charge on any atom is -0.485 e. The molecule has 3 atom stereocenters. The quantitative estimate of drug-likeness (QED) is 0.363. The molecule has 4 rings (SSSR count). The number of amides is 3. The molecule has 2 aromatic carbocycles. The second-order valence-electron chi connectivity index (χ2n) is 9.66. The van der Waals surface area contributed by atoms with E-state index in [-0.39, 0.29) is 46.8 Å². The molecule has 0 fully saturated rings. The van der Waals surface area contributed by atoms with Gasteiger partial charge in [-0.25, -0.2) is 17.6 Å². The maximum Gasteiger partial charge on any atom is 0.321 e. The summed E-state index contributed by atoms with van der Waals surface area (Å²) in [6.45, 7) is 3.60. The lowest BCUT2D eigenvalue weighted by atomic mass is 9.99. The monoisotopic (exact) mass is 590 g/mol. The van der Waals surface area contributed by atoms with Gasteiger partial charge in [0.05, 0.1) is 30.4 Å². The van der Waals surface area contributed by atoms with Crippen LogP contribution in [0.2, 0.25) is 0 Å². The second-order valence-corrected chi connectivity index (χ2v) is 12.5. The van der Waals surface area contributed by atoms with Gasteiger partial charge in [-0.3, -0.25) is 9.52 Å². The number of carbonyl (C=O) groups is 2. The molecule has 3 aromatic rings. The van der Waals surface area contributed by atoms with E-state index in [0.717, 1.165) is 11.3 Å². The predicted octanol–water partition coefficient (Wildman–Crippen LogP) is 4.07. The maximum absolute atomic E-state index is 13.6. The molecule has 0 bridgehead atoms. The topological polar surface area (TPSA) is 128 Å². The third-order valence-electron chi connectivity index (χ3n) is 6.59. The van der Waals surface area contributed by atoms with Gasteiger partial charge in [0.25, 0.3) is 15.9 Å². The van der Waals surface area contributed by atoms with Gasteiger partial charge in [-0.15, -0.1) is 11.3 Å². The van der Waals surface area contributed by atoms with Gasteiger partial charge in [-0.05, 0) is 54.8 Å². The standard InChI is InChI=1S/C27H31FN4O6S2/c1-17-14-32(18(2)16-33)26(34)21-6-4-7-22(30-40(36,37)24-8-5-13-39-24)25(21)38-23(17)15-31(3)27(35)29-20-11-9-19(28)10-12-20/h4-13,17-18,23,30,33H,14-16H2,1-3H3,(H,29,35)/t17-,18+,23-/m1/s1. The van der Waals surface area contributed by atoms with Crippen LogP contribution < -0.4 is 14.8 Å². The molecule has 1 aliphatic rings. The first-order valence-corrected chi connectivity index (χ1v) is 14.9. The number of anilines is 2. The van der Waals surface area contributed by atoms with Gasteiger partial charge in [0.1, 0.15) is 16.1 Å². The van der Waals surface area contributed by atoms with Crippen LogP contribution in [0.4, 0.5) is 20.6 Å². The number of hydrogen-bond acceptors (Lipinski definition) is 7. The van der Waals surface area contributed by atoms with Crippen molar-refractivity contribution in [3.63, 3.8) is 0 Å². The average molecular weight is 591 g/mol. The van der Waals surface area contributed by atoms with Gasteiger partial charge in [-0.1, -0.05) is 19.1 Å². The van der Waals surface area contributed by atoms with Crippen LogP contribution in [0, 0.1) is 11.7 Å². The minimum atomic E-state index is -3.96. The number of aliphatic hydroxyl groups is 1. The number of nitrogens with one attached hydrogen (secondary N) is 2. The number of fused-ring (bicyclic) bond motifs is 1. The first-order chi connectivity index (χ1) is 19.0. The number of thiophene rings is 1. The second kappa shape index (κ2) is 12.2. The summed E-state index contributed by atoms with van der Waals surface area (Å²) in [6, 6.07) is 12.1. The van der Waals surface area contributed by atoms with Crippen molar-refractivity contribution in [2.45, 2.75) is 30.2 Å². The number of likely N-dealkylation sites (N-methyl/N-ethyl adjacent to an activating group) is 1. The van der Waals surface area contributed by atoms with Crippen LogP contribution in [0.25, 0.3) is 0 Å². The minimum absolute atomic E-state index is 0.0339. The number of halogens is 1. The Labute approximate surface area is 236 Å². The van der Waals surface area contributed by atoms with E-state index in [9.17, 15) is 27.5 Å². The fraction of sp³-hybridized carbons (Fsp3) is 0.333. The molecule has 0 saturated carbocycles. The van der Waals surface area contributed by atoms with Crippen LogP contribution in [0.15, 0.2) is 64.2 Å². The van der Waals surface area contributed by atoms with E-state index in [1.807, 2.05) is 6.92 Å². The molecule has 40 heavy (non-hydrogen) atoms. The third kappa shape index (κ3) is 6.54. The Hall–Kier alpha value is -3.68. The smallest absolute Gasteiger partial charge is 0.321 e. The first-order valence-electron chi connectivity index (χ1n) is 12.6. The zero-order valence-corrected chi connectivity index (χ0v) is 23.8. The fourth-order valence-electron chi connectivity index (χ4n) is 4.26. The zero-order valence-electron chi connectivity index (χ0n) is 22.2. The van der Waals surface area contributed by atoms with Crippen molar-refractivity contribution in [2.24, 2.45) is 5.92 Å². The summed E-state index contributed by atoms with van der Waals surface area (Å²) in [5.74, 6) is -1.13. The summed E-state index contributed by atoms with van der Waals surface area (Å²) in [6.07, 6.45) is -0.670. The highest BCUT2D eigenvalue weighted by Crippen LogP contribution is 2.36. The molecule has 1 aromatic heterocycles. The van der Waals surface area contributed by atoms with Crippen LogP contribution in [-0.4, -0.2) is 74.2 Å². The molecule has 13 heteroatoms. The van der Waals surface area contributed by atoms with E-state index in [4.69, 9.17) is 4.74 Å². The fourth-order valence-corrected chi connectivity index (χ4v) is 6.31. The molecule has 0 radical (unpaired) electrons. The van der Waals surface area contributed by atoms with Crippen molar-refractivity contribution in [3.8, 4) is 5.75 Å². The summed E-state index contributed by atoms with van der Waals surface area (Å²) in [7, 11) is -2.39. The molecule has 1 aliphatic heterocycles. The summed E-state index contributed by atoms with van der Waals surface area (Å²) < 4.78 is 48.3. The van der Waals surface area contributed by atoms with Crippen LogP contribution >= 0.6 is 11.3 Å². The average Bonchev–Trinajstić information content (AvgIpc) is 3.48. The SMILES string of the molecule is C[C@@H]1CN([C@@H](C)CO)C(=O)c2cccc(NS(=O)(=O)c3cccs3)c2O[C@@H]1CN(C)C(=O)Nc1ccc(F)cc1. The maximum atomic E-state index is 13.6. The van der Waals surface area contributed by atoms with Gasteiger partial charge < -0.3 is 25.0 Å². The number of sulfonamides is 1. The van der Waals surface area contributed by atoms with E-state index < -0.39 is 39.9 Å². The van der Waals surface area contributed by atoms with Gasteiger partial charge in [0, 0.05) is 25.2 Å². The van der Waals surface area contributed by atoms with Crippen LogP contribution in [0.3, 0.4) is 0 Å². The Morgan fingerprint density at radius 3 is 2.60 bits per heavy atom. The highest BCUT2D eigenvalue weighted by Gasteiger charge is 2.35. The Bertz CT molecular complexity index is 1450. The number of rotatable bonds is 8. The summed E-state index contributed by atoms with van der Waals surface area (Å²) in [4.78, 5) is 29.4. The van der Waals surface area contributed by atoms with Crippen LogP contribution in [0.1, 0.15) is 24.2 Å². The highest BCUT2D eigenvalue weighted by molar-refractivity contribution is 7.94. The van der Waals surface area contributed by atoms with E-state index in [0.29, 0.717) is 5.69 Å². The van der Waals surface area contributed by atoms with Crippen molar-refractivity contribution in [3.05, 3.63) is 71.4 Å². The number of benzene rings is 2. The molecule has 2 heterocycles. The Morgan fingerprint density at radius 1 is 1.23 bits per heavy atom. The van der Waals surface area contributed by atoms with E-state index >= 15 is 0 Å². The van der Waals surface area contributed by atoms with E-state index in [1.54, 1.807) is 31.5 Å². The molecule has 0 spiro atoms. The summed E-state index contributed by atoms with van der Waals surface area (Å²) in [5.41, 5.74) is 0.615. The van der Waals surface area contributed by atoms with Crippen molar-refractivity contribution in [2.75, 3.05) is 36.8 Å². The van der Waals surface area contributed by atoms with E-state index in [2.05, 4.69) is 10.0 Å². The Balaban J connectivity index is 1.67. The van der Waals surface area contributed by atoms with Crippen molar-refractivity contribution < 1.29 is 32.2 Å². The summed E-state index contributed by atoms with van der Waals surface area (Å²) >= 11 is 1.05. The van der Waals surface area contributed by atoms with Crippen LogP contribution in [0.5, 0.6) is 5.75 Å². The zero-order chi connectivity index (χ0) is 29.0. The van der Waals surface area contributed by atoms with E-state index in [1.165, 1.54) is 52.3 Å². The molecule has 0 saturated heterocycles. The van der Waals surface area contributed by atoms with Crippen LogP contribution in [-0.2, 0) is 10.0 Å². The largest absolute Gasteiger partial charge is 0.485 e. The number of nitrogens with zero attached hydrogens (tertiary/aromatic N) is 2. The highest BCUT2D eigenvalue weighted by atomic mass is 32.2. The molecule has 0 unspecified atom stereocenters. The van der Waals surface area contributed by atoms with Crippen molar-refractivity contribution >= 4 is 44.7 Å². The molecular formula is C27H31FN4O6S2. The number of hydrogen-bond donors (Lipinski definition) is 3. The predicted molar refractivity (Wildman–Crippen MR) is 151 cm³/mol. The number of aliphatic hydroxyl groups excluding tert-OH is 1. The van der Waals surface area contributed by atoms with Crippen molar-refractivity contribution in [1.29, 1.82) is 0 Å². The normalized spacial score (nSPS) is 18.1. The molecule has 10 nitrogen and oxygen atoms in total. The van der Waals surface area contributed by atoms with Gasteiger partial charge in [0.2, 0.25) is 0 Å². The number of para-hydroxylation sites is 1. The molecule has 3 amide bonds. The van der Waals surface area contributed by atoms with Gasteiger partial charge in [0.15, 0.2) is 5.75 Å². The van der Waals surface area contributed by atoms with Gasteiger partial charge >= 0.3 is 6.03 Å². The van der Waals surface area contributed by atoms with Crippen molar-refractivity contribution in [1.82, 2.24) is 9.80 Å². The number of carbonyl (C=O) groups excluding carboxylic acids is 2. The Kier molecular flexibility index (Phi) is 8.96. The number of ether oxygens (including phenoxy) is 1. The summed E-state index contributed by atoms with van der Waals surface area (Å²) in [5, 5.41) is 14.2. The molecule has 3 N–H and O–H groups in total. The lowest BCUT2D eigenvalue weighted by Gasteiger charge is -2.38. The number of urea groups is 1. The first kappa shape index (κ1) is 29.3. The molecular weight excluding hydrogens is 559 g/mol. The lowest BCUT2D eigenvalue weighted by Crippen LogP contribution is -2.50.